The summed E-state index contributed by atoms with van der Waals surface area (Å²) in [5.74, 6) is 0. The molecule has 0 aromatic heterocycles. The monoisotopic (exact) mass is 303 g/mol. The highest BCUT2D eigenvalue weighted by Crippen LogP contribution is 2.46. The smallest absolute Gasteiger partial charge is 0.383 e. The largest absolute Gasteiger partial charge is 0.434 e. The molecule has 20 heavy (non-hydrogen) atoms. The van der Waals surface area contributed by atoms with Gasteiger partial charge in [0.2, 0.25) is 0 Å². The summed E-state index contributed by atoms with van der Waals surface area (Å²) in [6, 6.07) is 0. The molecule has 0 aromatic rings. The van der Waals surface area contributed by atoms with Crippen molar-refractivity contribution >= 4 is 8.72 Å². The van der Waals surface area contributed by atoms with E-state index in [4.69, 9.17) is 8.85 Å². The highest BCUT2D eigenvalue weighted by atomic mass is 28.4. The van der Waals surface area contributed by atoms with Crippen molar-refractivity contribution in [3.05, 3.63) is 0 Å². The Bertz CT molecular complexity index is 277. The van der Waals surface area contributed by atoms with Crippen LogP contribution in [-0.2, 0) is 8.85 Å². The van der Waals surface area contributed by atoms with Gasteiger partial charge in [-0.15, -0.1) is 0 Å². The van der Waals surface area contributed by atoms with Gasteiger partial charge in [0.1, 0.15) is 0 Å². The molecule has 0 aliphatic rings. The van der Waals surface area contributed by atoms with Gasteiger partial charge in [-0.2, -0.15) is 0 Å². The van der Waals surface area contributed by atoms with Crippen molar-refractivity contribution in [3.63, 3.8) is 0 Å². The number of hydrogen-bond acceptors (Lipinski definition) is 3. The van der Waals surface area contributed by atoms with Crippen LogP contribution in [0.1, 0.15) is 76.2 Å². The Morgan fingerprint density at radius 2 is 1.00 bits per heavy atom. The zero-order valence-electron chi connectivity index (χ0n) is 15.7. The van der Waals surface area contributed by atoms with E-state index >= 15 is 0 Å². The topological polar surface area (TPSA) is 21.7 Å². The van der Waals surface area contributed by atoms with Crippen LogP contribution in [0.15, 0.2) is 0 Å². The summed E-state index contributed by atoms with van der Waals surface area (Å²) in [6.07, 6.45) is 0. The molecule has 0 spiro atoms. The summed E-state index contributed by atoms with van der Waals surface area (Å²) in [6.45, 7) is 25.8. The second-order valence-corrected chi connectivity index (χ2v) is 12.1. The lowest BCUT2D eigenvalue weighted by atomic mass is 10.0. The molecule has 0 radical (unpaired) electrons. The summed E-state index contributed by atoms with van der Waals surface area (Å²) in [5.41, 5.74) is -0.0236. The molecule has 0 unspecified atom stereocenters. The lowest BCUT2D eigenvalue weighted by Gasteiger charge is -2.57. The molecule has 0 aromatic carbocycles. The van der Waals surface area contributed by atoms with Crippen molar-refractivity contribution in [1.82, 2.24) is 4.57 Å². The molecule has 0 aliphatic carbocycles. The molecule has 0 saturated heterocycles. The Morgan fingerprint density at radius 3 is 1.15 bits per heavy atom. The third-order valence-electron chi connectivity index (χ3n) is 3.26. The second kappa shape index (κ2) is 6.47. The summed E-state index contributed by atoms with van der Waals surface area (Å²) < 4.78 is 15.3. The fourth-order valence-corrected chi connectivity index (χ4v) is 7.65. The maximum absolute atomic E-state index is 6.39. The average molecular weight is 304 g/mol. The molecular formula is C16H37NO2Si. The minimum Gasteiger partial charge on any atom is -0.383 e. The maximum atomic E-state index is 6.39. The van der Waals surface area contributed by atoms with Crippen LogP contribution in [0, 0.1) is 0 Å². The predicted octanol–water partition coefficient (Wildman–Crippen LogP) is 4.70. The quantitative estimate of drug-likeness (QED) is 0.687. The molecule has 0 fully saturated rings. The first-order valence-electron chi connectivity index (χ1n) is 7.82. The second-order valence-electron chi connectivity index (χ2n) is 8.37. The van der Waals surface area contributed by atoms with Gasteiger partial charge in [0.25, 0.3) is 0 Å². The molecule has 122 valence electrons. The number of nitrogens with zero attached hydrogens (tertiary/aromatic N) is 1. The van der Waals surface area contributed by atoms with Crippen LogP contribution in [-0.4, -0.2) is 37.6 Å². The van der Waals surface area contributed by atoms with E-state index in [2.05, 4.69) is 80.7 Å². The van der Waals surface area contributed by atoms with Crippen LogP contribution >= 0.6 is 0 Å². The summed E-state index contributed by atoms with van der Waals surface area (Å²) in [7, 11) is -2.56. The van der Waals surface area contributed by atoms with Crippen molar-refractivity contribution in [2.75, 3.05) is 13.2 Å². The van der Waals surface area contributed by atoms with Gasteiger partial charge in [0, 0.05) is 29.3 Å². The average Bonchev–Trinajstić information content (AvgIpc) is 2.11. The Kier molecular flexibility index (Phi) is 6.50. The molecule has 0 atom stereocenters. The van der Waals surface area contributed by atoms with Gasteiger partial charge in [0.05, 0.1) is 0 Å². The Morgan fingerprint density at radius 1 is 0.700 bits per heavy atom. The van der Waals surface area contributed by atoms with Gasteiger partial charge in [-0.05, 0) is 55.4 Å². The van der Waals surface area contributed by atoms with E-state index in [1.807, 2.05) is 0 Å². The van der Waals surface area contributed by atoms with E-state index in [9.17, 15) is 0 Å². The molecular weight excluding hydrogens is 266 g/mol. The fourth-order valence-electron chi connectivity index (χ4n) is 3.22. The lowest BCUT2D eigenvalue weighted by Crippen LogP contribution is -2.74. The van der Waals surface area contributed by atoms with E-state index < -0.39 is 8.72 Å². The van der Waals surface area contributed by atoms with Gasteiger partial charge in [-0.3, -0.25) is 4.57 Å². The molecule has 0 saturated carbocycles. The van der Waals surface area contributed by atoms with E-state index in [1.165, 1.54) is 0 Å². The third-order valence-corrected chi connectivity index (χ3v) is 8.45. The van der Waals surface area contributed by atoms with Crippen LogP contribution in [0.5, 0.6) is 0 Å². The van der Waals surface area contributed by atoms with Crippen LogP contribution in [0.25, 0.3) is 0 Å². The van der Waals surface area contributed by atoms with Crippen molar-refractivity contribution in [1.29, 1.82) is 0 Å². The van der Waals surface area contributed by atoms with Crippen molar-refractivity contribution in [3.8, 4) is 0 Å². The zero-order chi connectivity index (χ0) is 16.4. The Balaban J connectivity index is 6.15. The van der Waals surface area contributed by atoms with Crippen LogP contribution in [0.4, 0.5) is 0 Å². The van der Waals surface area contributed by atoms with Gasteiger partial charge in [0.15, 0.2) is 0 Å². The molecule has 3 nitrogen and oxygen atoms in total. The van der Waals surface area contributed by atoms with Gasteiger partial charge >= 0.3 is 8.72 Å². The minimum absolute atomic E-state index is 0.0118. The van der Waals surface area contributed by atoms with Crippen molar-refractivity contribution in [2.24, 2.45) is 0 Å². The Hall–Kier alpha value is 0.0969. The molecule has 0 aliphatic heterocycles. The van der Waals surface area contributed by atoms with E-state index in [1.54, 1.807) is 0 Å². The molecule has 0 N–H and O–H groups in total. The SMILES string of the molecule is CCO[Si](OCC)(N(C(C)(C)C)C(C)(C)C)C(C)(C)C. The fraction of sp³-hybridized carbons (Fsp3) is 1.00. The molecule has 0 amide bonds. The van der Waals surface area contributed by atoms with Crippen LogP contribution < -0.4 is 0 Å². The van der Waals surface area contributed by atoms with Crippen molar-refractivity contribution < 1.29 is 8.85 Å². The van der Waals surface area contributed by atoms with Gasteiger partial charge in [-0.1, -0.05) is 20.8 Å². The standard InChI is InChI=1S/C16H37NO2Si/c1-12-18-20(19-13-2,16(9,10)11)17(14(3,4)5)15(6,7)8/h12-13H2,1-11H3. The Labute approximate surface area is 128 Å². The van der Waals surface area contributed by atoms with Gasteiger partial charge in [-0.25, -0.2) is 0 Å². The first-order chi connectivity index (χ1) is 8.74. The minimum atomic E-state index is -2.56. The van der Waals surface area contributed by atoms with E-state index in [0.717, 1.165) is 0 Å². The number of hydrogen-bond donors (Lipinski definition) is 0. The molecule has 4 heteroatoms. The highest BCUT2D eigenvalue weighted by Gasteiger charge is 2.60. The van der Waals surface area contributed by atoms with Crippen LogP contribution in [0.3, 0.4) is 0 Å². The molecule has 0 heterocycles. The summed E-state index contributed by atoms with van der Waals surface area (Å²) in [5, 5.41) is -0.0282. The summed E-state index contributed by atoms with van der Waals surface area (Å²) in [4.78, 5) is 0. The molecule has 0 bridgehead atoms. The first kappa shape index (κ1) is 20.1. The van der Waals surface area contributed by atoms with Gasteiger partial charge < -0.3 is 8.85 Å². The predicted molar refractivity (Wildman–Crippen MR) is 90.1 cm³/mol. The first-order valence-corrected chi connectivity index (χ1v) is 9.58. The van der Waals surface area contributed by atoms with Crippen molar-refractivity contribution in [2.45, 2.75) is 92.3 Å². The van der Waals surface area contributed by atoms with E-state index in [-0.39, 0.29) is 16.1 Å². The van der Waals surface area contributed by atoms with Crippen LogP contribution in [0.2, 0.25) is 5.04 Å². The lowest BCUT2D eigenvalue weighted by molar-refractivity contribution is 0.0136. The molecule has 0 rings (SSSR count). The maximum Gasteiger partial charge on any atom is 0.434 e. The number of rotatable bonds is 5. The zero-order valence-corrected chi connectivity index (χ0v) is 16.7. The van der Waals surface area contributed by atoms with E-state index in [0.29, 0.717) is 13.2 Å². The normalized spacial score (nSPS) is 15.0. The summed E-state index contributed by atoms with van der Waals surface area (Å²) >= 11 is 0. The third kappa shape index (κ3) is 4.29. The highest BCUT2D eigenvalue weighted by molar-refractivity contribution is 6.68.